The minimum absolute atomic E-state index is 0.0531. The molecular weight excluding hydrogens is 252 g/mol. The highest BCUT2D eigenvalue weighted by molar-refractivity contribution is 5.90. The summed E-state index contributed by atoms with van der Waals surface area (Å²) in [4.78, 5) is 10.8. The Kier molecular flexibility index (Phi) is 3.84. The Morgan fingerprint density at radius 3 is 2.65 bits per heavy atom. The van der Waals surface area contributed by atoms with Crippen LogP contribution >= 0.6 is 0 Å². The molecule has 2 rings (SSSR count). The van der Waals surface area contributed by atoms with Gasteiger partial charge in [0.25, 0.3) is 0 Å². The van der Waals surface area contributed by atoms with Gasteiger partial charge in [0.1, 0.15) is 0 Å². The van der Waals surface area contributed by atoms with E-state index in [9.17, 15) is 4.79 Å². The zero-order valence-corrected chi connectivity index (χ0v) is 11.5. The lowest BCUT2D eigenvalue weighted by Gasteiger charge is -2.13. The molecule has 0 spiro atoms. The summed E-state index contributed by atoms with van der Waals surface area (Å²) < 4.78 is 1.78. The Balaban J connectivity index is 2.55. The van der Waals surface area contributed by atoms with Gasteiger partial charge in [-0.2, -0.15) is 5.10 Å². The van der Waals surface area contributed by atoms with Crippen LogP contribution in [0.5, 0.6) is 0 Å². The van der Waals surface area contributed by atoms with Crippen LogP contribution in [0.1, 0.15) is 16.7 Å². The second-order valence-corrected chi connectivity index (χ2v) is 4.58. The fraction of sp³-hybridized carbons (Fsp3) is 0.125. The van der Waals surface area contributed by atoms with E-state index in [0.717, 1.165) is 22.4 Å². The zero-order chi connectivity index (χ0) is 14.7. The van der Waals surface area contributed by atoms with E-state index in [2.05, 4.69) is 11.7 Å². The van der Waals surface area contributed by atoms with Gasteiger partial charge in [-0.05, 0) is 37.1 Å². The number of nitrogens with zero attached hydrogens (tertiary/aromatic N) is 2. The van der Waals surface area contributed by atoms with Crippen LogP contribution in [0.4, 0.5) is 0 Å². The summed E-state index contributed by atoms with van der Waals surface area (Å²) >= 11 is 0. The van der Waals surface area contributed by atoms with Crippen molar-refractivity contribution in [3.63, 3.8) is 0 Å². The molecule has 0 radical (unpaired) electrons. The van der Waals surface area contributed by atoms with Crippen molar-refractivity contribution in [2.75, 3.05) is 0 Å². The zero-order valence-electron chi connectivity index (χ0n) is 11.5. The van der Waals surface area contributed by atoms with Crippen LogP contribution in [0.2, 0.25) is 0 Å². The van der Waals surface area contributed by atoms with E-state index in [-0.39, 0.29) is 5.57 Å². The van der Waals surface area contributed by atoms with Crippen LogP contribution in [-0.4, -0.2) is 20.9 Å². The van der Waals surface area contributed by atoms with E-state index < -0.39 is 5.97 Å². The fourth-order valence-corrected chi connectivity index (χ4v) is 1.99. The van der Waals surface area contributed by atoms with Gasteiger partial charge in [0.2, 0.25) is 0 Å². The van der Waals surface area contributed by atoms with Crippen LogP contribution in [0.15, 0.2) is 48.8 Å². The van der Waals surface area contributed by atoms with E-state index in [1.54, 1.807) is 17.0 Å². The molecule has 0 unspecified atom stereocenters. The highest BCUT2D eigenvalue weighted by atomic mass is 16.4. The van der Waals surface area contributed by atoms with Crippen molar-refractivity contribution in [1.82, 2.24) is 9.78 Å². The average molecular weight is 268 g/mol. The molecule has 0 amide bonds. The second-order valence-electron chi connectivity index (χ2n) is 4.58. The first-order chi connectivity index (χ1) is 9.50. The summed E-state index contributed by atoms with van der Waals surface area (Å²) in [5.74, 6) is -1.02. The minimum Gasteiger partial charge on any atom is -0.478 e. The molecule has 1 N–H and O–H groups in total. The van der Waals surface area contributed by atoms with Gasteiger partial charge >= 0.3 is 5.97 Å². The van der Waals surface area contributed by atoms with Gasteiger partial charge in [0, 0.05) is 18.0 Å². The van der Waals surface area contributed by atoms with E-state index in [1.165, 1.54) is 6.08 Å². The van der Waals surface area contributed by atoms with Crippen LogP contribution < -0.4 is 0 Å². The first kappa shape index (κ1) is 13.8. The number of carboxylic acid groups (broad SMARTS) is 1. The Labute approximate surface area is 117 Å². The largest absolute Gasteiger partial charge is 0.478 e. The summed E-state index contributed by atoms with van der Waals surface area (Å²) in [5, 5.41) is 13.1. The smallest absolute Gasteiger partial charge is 0.335 e. The molecule has 2 aromatic rings. The number of aliphatic carboxylic acids is 1. The molecule has 4 heteroatoms. The standard InChI is InChI=1S/C16H16N2O2/c1-11-5-6-12(2)15(18-10-4-9-17-18)14(11)8-7-13(3)16(19)20/h4-10H,3H2,1-2H3,(H,19,20)/b8-7-. The first-order valence-corrected chi connectivity index (χ1v) is 6.21. The summed E-state index contributed by atoms with van der Waals surface area (Å²) in [6, 6.07) is 5.88. The van der Waals surface area contributed by atoms with Gasteiger partial charge in [-0.1, -0.05) is 24.8 Å². The number of aromatic nitrogens is 2. The topological polar surface area (TPSA) is 55.1 Å². The van der Waals surface area contributed by atoms with Gasteiger partial charge < -0.3 is 5.11 Å². The maximum Gasteiger partial charge on any atom is 0.335 e. The van der Waals surface area contributed by atoms with Crippen LogP contribution in [-0.2, 0) is 4.79 Å². The Morgan fingerprint density at radius 2 is 2.05 bits per heavy atom. The van der Waals surface area contributed by atoms with Crippen molar-refractivity contribution < 1.29 is 9.90 Å². The molecule has 0 atom stereocenters. The third kappa shape index (κ3) is 2.69. The fourth-order valence-electron chi connectivity index (χ4n) is 1.99. The maximum absolute atomic E-state index is 10.8. The number of carbonyl (C=O) groups is 1. The molecule has 0 saturated carbocycles. The van der Waals surface area contributed by atoms with E-state index in [1.807, 2.05) is 38.2 Å². The van der Waals surface area contributed by atoms with Crippen LogP contribution in [0.25, 0.3) is 11.8 Å². The summed E-state index contributed by atoms with van der Waals surface area (Å²) in [6.07, 6.45) is 6.86. The van der Waals surface area contributed by atoms with Gasteiger partial charge in [0.05, 0.1) is 11.3 Å². The predicted molar refractivity (Wildman–Crippen MR) is 78.8 cm³/mol. The minimum atomic E-state index is -1.02. The quantitative estimate of drug-likeness (QED) is 0.684. The summed E-state index contributed by atoms with van der Waals surface area (Å²) in [5.41, 5.74) is 4.06. The van der Waals surface area contributed by atoms with Crippen molar-refractivity contribution >= 4 is 12.0 Å². The molecule has 1 aromatic heterocycles. The third-order valence-corrected chi connectivity index (χ3v) is 3.10. The maximum atomic E-state index is 10.8. The molecule has 4 nitrogen and oxygen atoms in total. The number of aryl methyl sites for hydroxylation is 2. The lowest BCUT2D eigenvalue weighted by atomic mass is 10.0. The number of rotatable bonds is 4. The van der Waals surface area contributed by atoms with Gasteiger partial charge in [-0.3, -0.25) is 0 Å². The summed E-state index contributed by atoms with van der Waals surface area (Å²) in [7, 11) is 0. The number of hydrogen-bond acceptors (Lipinski definition) is 2. The average Bonchev–Trinajstić information content (AvgIpc) is 2.92. The van der Waals surface area contributed by atoms with Crippen LogP contribution in [0, 0.1) is 13.8 Å². The van der Waals surface area contributed by atoms with Crippen molar-refractivity contribution in [3.05, 3.63) is 65.5 Å². The molecule has 0 saturated heterocycles. The second kappa shape index (κ2) is 5.57. The van der Waals surface area contributed by atoms with Crippen molar-refractivity contribution in [2.45, 2.75) is 13.8 Å². The Morgan fingerprint density at radius 1 is 1.35 bits per heavy atom. The van der Waals surface area contributed by atoms with Crippen molar-refractivity contribution in [1.29, 1.82) is 0 Å². The van der Waals surface area contributed by atoms with Crippen molar-refractivity contribution in [2.24, 2.45) is 0 Å². The number of carboxylic acids is 1. The highest BCUT2D eigenvalue weighted by Gasteiger charge is 2.09. The molecule has 0 bridgehead atoms. The molecule has 102 valence electrons. The molecule has 0 aliphatic heterocycles. The van der Waals surface area contributed by atoms with Gasteiger partial charge in [-0.25, -0.2) is 9.48 Å². The van der Waals surface area contributed by atoms with E-state index in [4.69, 9.17) is 5.11 Å². The summed E-state index contributed by atoms with van der Waals surface area (Å²) in [6.45, 7) is 7.49. The highest BCUT2D eigenvalue weighted by Crippen LogP contribution is 2.24. The molecule has 0 aliphatic carbocycles. The SMILES string of the molecule is C=C(/C=C\c1c(C)ccc(C)c1-n1cccn1)C(=O)O. The molecular formula is C16H16N2O2. The Bertz CT molecular complexity index is 683. The lowest BCUT2D eigenvalue weighted by Crippen LogP contribution is -2.02. The Hall–Kier alpha value is -2.62. The molecule has 1 heterocycles. The van der Waals surface area contributed by atoms with E-state index in [0.29, 0.717) is 0 Å². The number of benzene rings is 1. The normalized spacial score (nSPS) is 10.9. The number of hydrogen-bond donors (Lipinski definition) is 1. The van der Waals surface area contributed by atoms with Gasteiger partial charge in [-0.15, -0.1) is 0 Å². The monoisotopic (exact) mass is 268 g/mol. The van der Waals surface area contributed by atoms with Gasteiger partial charge in [0.15, 0.2) is 0 Å². The molecule has 0 fully saturated rings. The van der Waals surface area contributed by atoms with Crippen molar-refractivity contribution in [3.8, 4) is 5.69 Å². The van der Waals surface area contributed by atoms with E-state index >= 15 is 0 Å². The van der Waals surface area contributed by atoms with Crippen LogP contribution in [0.3, 0.4) is 0 Å². The first-order valence-electron chi connectivity index (χ1n) is 6.21. The third-order valence-electron chi connectivity index (χ3n) is 3.10. The molecule has 0 aliphatic rings. The molecule has 1 aromatic carbocycles. The lowest BCUT2D eigenvalue weighted by molar-refractivity contribution is -0.132. The molecule has 20 heavy (non-hydrogen) atoms. The predicted octanol–water partition coefficient (Wildman–Crippen LogP) is 3.14.